The Balaban J connectivity index is 1.22. The molecule has 0 saturated carbocycles. The van der Waals surface area contributed by atoms with Crippen LogP contribution in [0.1, 0.15) is 60.3 Å². The van der Waals surface area contributed by atoms with Crippen LogP contribution in [0.4, 0.5) is 0 Å². The van der Waals surface area contributed by atoms with Crippen molar-refractivity contribution in [2.75, 3.05) is 32.9 Å². The largest absolute Gasteiger partial charge is 0.381 e. The number of piperidine rings is 1. The first-order valence-electron chi connectivity index (χ1n) is 10.8. The van der Waals surface area contributed by atoms with E-state index in [2.05, 4.69) is 15.3 Å². The van der Waals surface area contributed by atoms with Crippen LogP contribution in [0.2, 0.25) is 0 Å². The highest BCUT2D eigenvalue weighted by Crippen LogP contribution is 2.25. The molecule has 2 aliphatic heterocycles. The fourth-order valence-electron chi connectivity index (χ4n) is 4.11. The highest BCUT2D eigenvalue weighted by molar-refractivity contribution is 5.79. The molecule has 4 rings (SSSR count). The lowest BCUT2D eigenvalue weighted by molar-refractivity contribution is -0.134. The van der Waals surface area contributed by atoms with Gasteiger partial charge in [-0.3, -0.25) is 4.79 Å². The lowest BCUT2D eigenvalue weighted by atomic mass is 10.0. The summed E-state index contributed by atoms with van der Waals surface area (Å²) in [6, 6.07) is 0. The summed E-state index contributed by atoms with van der Waals surface area (Å²) >= 11 is 0. The zero-order valence-corrected chi connectivity index (χ0v) is 17.8. The molecular weight excluding hydrogens is 388 g/mol. The summed E-state index contributed by atoms with van der Waals surface area (Å²) in [6.07, 6.45) is 4.72. The van der Waals surface area contributed by atoms with Crippen molar-refractivity contribution in [2.45, 2.75) is 64.4 Å². The maximum Gasteiger partial charge on any atom is 0.229 e. The second-order valence-electron chi connectivity index (χ2n) is 8.14. The quantitative estimate of drug-likeness (QED) is 0.675. The number of ether oxygens (including phenoxy) is 2. The van der Waals surface area contributed by atoms with Crippen molar-refractivity contribution in [2.24, 2.45) is 0 Å². The van der Waals surface area contributed by atoms with Gasteiger partial charge in [0.15, 0.2) is 5.82 Å². The van der Waals surface area contributed by atoms with E-state index in [9.17, 15) is 4.79 Å². The van der Waals surface area contributed by atoms with Gasteiger partial charge >= 0.3 is 0 Å². The highest BCUT2D eigenvalue weighted by atomic mass is 16.5. The first kappa shape index (κ1) is 21.0. The van der Waals surface area contributed by atoms with Crippen molar-refractivity contribution >= 4 is 5.91 Å². The Hall–Kier alpha value is -2.26. The van der Waals surface area contributed by atoms with E-state index in [1.807, 2.05) is 18.7 Å². The molecule has 0 bridgehead atoms. The summed E-state index contributed by atoms with van der Waals surface area (Å²) in [6.45, 7) is 7.10. The van der Waals surface area contributed by atoms with Crippen LogP contribution in [-0.2, 0) is 27.1 Å². The fraction of sp³-hybridized carbons (Fsp3) is 0.714. The molecular formula is C21H30N4O5. The van der Waals surface area contributed by atoms with Crippen LogP contribution >= 0.6 is 0 Å². The normalized spacial score (nSPS) is 20.6. The molecule has 4 heterocycles. The summed E-state index contributed by atoms with van der Waals surface area (Å²) in [4.78, 5) is 19.1. The average Bonchev–Trinajstić information content (AvgIpc) is 3.37. The highest BCUT2D eigenvalue weighted by Gasteiger charge is 2.26. The van der Waals surface area contributed by atoms with Crippen molar-refractivity contribution in [3.8, 4) is 0 Å². The molecule has 0 N–H and O–H groups in total. The second kappa shape index (κ2) is 9.70. The molecule has 1 atom stereocenters. The first-order valence-corrected chi connectivity index (χ1v) is 10.8. The molecule has 2 aromatic heterocycles. The fourth-order valence-corrected chi connectivity index (χ4v) is 4.11. The molecule has 0 radical (unpaired) electrons. The number of hydrogen-bond acceptors (Lipinski definition) is 8. The van der Waals surface area contributed by atoms with Crippen molar-refractivity contribution in [1.29, 1.82) is 0 Å². The summed E-state index contributed by atoms with van der Waals surface area (Å²) in [5.74, 6) is 2.50. The van der Waals surface area contributed by atoms with Gasteiger partial charge in [0.2, 0.25) is 11.8 Å². The van der Waals surface area contributed by atoms with E-state index in [4.69, 9.17) is 18.5 Å². The maximum absolute atomic E-state index is 12.7. The molecule has 1 unspecified atom stereocenters. The van der Waals surface area contributed by atoms with Gasteiger partial charge < -0.3 is 23.4 Å². The lowest BCUT2D eigenvalue weighted by Crippen LogP contribution is -2.44. The minimum absolute atomic E-state index is 0.0363. The molecule has 2 aromatic rings. The third kappa shape index (κ3) is 5.07. The number of carbonyl (C=O) groups excluding carboxylic acids is 1. The van der Waals surface area contributed by atoms with Crippen LogP contribution in [0, 0.1) is 13.8 Å². The van der Waals surface area contributed by atoms with Crippen LogP contribution in [0.5, 0.6) is 0 Å². The Morgan fingerprint density at radius 1 is 1.17 bits per heavy atom. The summed E-state index contributed by atoms with van der Waals surface area (Å²) in [7, 11) is 0. The standard InChI is InChI=1S/C21H30N4O5/c1-14-18(15(2)29-23-14)12-20(26)25-8-3-4-17(13-25)28-11-7-19-22-21(30-24-19)16-5-9-27-10-6-16/h16-17H,3-13H2,1-2H3. The van der Waals surface area contributed by atoms with Crippen LogP contribution in [0.15, 0.2) is 9.05 Å². The molecule has 9 nitrogen and oxygen atoms in total. The number of nitrogens with zero attached hydrogens (tertiary/aromatic N) is 4. The summed E-state index contributed by atoms with van der Waals surface area (Å²) in [5, 5.41) is 8.02. The van der Waals surface area contributed by atoms with Crippen molar-refractivity contribution in [1.82, 2.24) is 20.2 Å². The van der Waals surface area contributed by atoms with Crippen molar-refractivity contribution < 1.29 is 23.3 Å². The SMILES string of the molecule is Cc1noc(C)c1CC(=O)N1CCCC(OCCc2noc(C3CCOCC3)n2)C1. The monoisotopic (exact) mass is 418 g/mol. The van der Waals surface area contributed by atoms with E-state index in [0.717, 1.165) is 56.7 Å². The predicted molar refractivity (Wildman–Crippen MR) is 106 cm³/mol. The Morgan fingerprint density at radius 3 is 2.77 bits per heavy atom. The zero-order chi connectivity index (χ0) is 20.9. The molecule has 9 heteroatoms. The van der Waals surface area contributed by atoms with Crippen molar-refractivity contribution in [3.05, 3.63) is 28.7 Å². The van der Waals surface area contributed by atoms with E-state index < -0.39 is 0 Å². The third-order valence-electron chi connectivity index (χ3n) is 5.97. The average molecular weight is 418 g/mol. The van der Waals surface area contributed by atoms with Gasteiger partial charge in [-0.05, 0) is 39.5 Å². The van der Waals surface area contributed by atoms with E-state index in [0.29, 0.717) is 49.4 Å². The van der Waals surface area contributed by atoms with Gasteiger partial charge in [-0.1, -0.05) is 10.3 Å². The zero-order valence-electron chi connectivity index (χ0n) is 17.8. The first-order chi connectivity index (χ1) is 14.6. The van der Waals surface area contributed by atoms with Gasteiger partial charge in [-0.2, -0.15) is 4.98 Å². The molecule has 2 aliphatic rings. The van der Waals surface area contributed by atoms with Gasteiger partial charge in [-0.15, -0.1) is 0 Å². The molecule has 1 amide bonds. The van der Waals surface area contributed by atoms with Gasteiger partial charge in [0, 0.05) is 44.2 Å². The minimum atomic E-state index is 0.0363. The Kier molecular flexibility index (Phi) is 6.79. The van der Waals surface area contributed by atoms with Gasteiger partial charge in [0.25, 0.3) is 0 Å². The smallest absolute Gasteiger partial charge is 0.229 e. The molecule has 30 heavy (non-hydrogen) atoms. The lowest BCUT2D eigenvalue weighted by Gasteiger charge is -2.32. The van der Waals surface area contributed by atoms with E-state index in [1.165, 1.54) is 0 Å². The number of aromatic nitrogens is 3. The van der Waals surface area contributed by atoms with E-state index in [1.54, 1.807) is 0 Å². The van der Waals surface area contributed by atoms with Gasteiger partial charge in [-0.25, -0.2) is 0 Å². The molecule has 0 aliphatic carbocycles. The molecule has 0 aromatic carbocycles. The molecule has 2 fully saturated rings. The number of carbonyl (C=O) groups is 1. The number of aryl methyl sites for hydroxylation is 2. The summed E-state index contributed by atoms with van der Waals surface area (Å²) < 4.78 is 22.0. The third-order valence-corrected chi connectivity index (χ3v) is 5.97. The number of amides is 1. The van der Waals surface area contributed by atoms with Gasteiger partial charge in [0.05, 0.1) is 24.8 Å². The van der Waals surface area contributed by atoms with E-state index >= 15 is 0 Å². The van der Waals surface area contributed by atoms with Crippen LogP contribution in [0.3, 0.4) is 0 Å². The number of likely N-dealkylation sites (tertiary alicyclic amines) is 1. The molecule has 0 spiro atoms. The van der Waals surface area contributed by atoms with Crippen LogP contribution in [0.25, 0.3) is 0 Å². The Bertz CT molecular complexity index is 823. The maximum atomic E-state index is 12.7. The van der Waals surface area contributed by atoms with E-state index in [-0.39, 0.29) is 12.0 Å². The van der Waals surface area contributed by atoms with Crippen LogP contribution < -0.4 is 0 Å². The molecule has 2 saturated heterocycles. The second-order valence-corrected chi connectivity index (χ2v) is 8.14. The predicted octanol–water partition coefficient (Wildman–Crippen LogP) is 2.36. The molecule has 164 valence electrons. The van der Waals surface area contributed by atoms with Crippen LogP contribution in [-0.4, -0.2) is 65.1 Å². The number of hydrogen-bond donors (Lipinski definition) is 0. The Labute approximate surface area is 176 Å². The topological polar surface area (TPSA) is 104 Å². The minimum Gasteiger partial charge on any atom is -0.381 e. The Morgan fingerprint density at radius 2 is 2.00 bits per heavy atom. The van der Waals surface area contributed by atoms with Crippen molar-refractivity contribution in [3.63, 3.8) is 0 Å². The number of rotatable bonds is 7. The summed E-state index contributed by atoms with van der Waals surface area (Å²) in [5.41, 5.74) is 1.67. The van der Waals surface area contributed by atoms with Gasteiger partial charge in [0.1, 0.15) is 5.76 Å².